The van der Waals surface area contributed by atoms with Crippen LogP contribution in [0.4, 0.5) is 0 Å². The number of hydrogen-bond donors (Lipinski definition) is 2. The van der Waals surface area contributed by atoms with Crippen molar-refractivity contribution in [2.75, 3.05) is 25.4 Å². The number of fused-ring (bicyclic) bond motifs is 3. The number of rotatable bonds is 9. The van der Waals surface area contributed by atoms with Crippen molar-refractivity contribution in [2.24, 2.45) is 0 Å². The first-order valence-electron chi connectivity index (χ1n) is 10.2. The van der Waals surface area contributed by atoms with E-state index in [1.807, 2.05) is 30.3 Å². The molecule has 1 amide bonds. The van der Waals surface area contributed by atoms with Gasteiger partial charge in [-0.25, -0.2) is 4.98 Å². The summed E-state index contributed by atoms with van der Waals surface area (Å²) in [5.74, 6) is 1.37. The molecule has 0 aliphatic heterocycles. The second-order valence-corrected chi connectivity index (χ2v) is 9.45. The largest absolute Gasteiger partial charge is 0.395 e. The van der Waals surface area contributed by atoms with Gasteiger partial charge in [0.15, 0.2) is 0 Å². The Balaban J connectivity index is 1.34. The minimum atomic E-state index is -0.0638. The molecule has 4 rings (SSSR count). The van der Waals surface area contributed by atoms with Crippen LogP contribution in [0, 0.1) is 0 Å². The zero-order chi connectivity index (χ0) is 20.9. The maximum absolute atomic E-state index is 12.6. The van der Waals surface area contributed by atoms with Gasteiger partial charge in [0.05, 0.1) is 23.5 Å². The summed E-state index contributed by atoms with van der Waals surface area (Å²) in [6, 6.07) is 10.0. The summed E-state index contributed by atoms with van der Waals surface area (Å²) in [5.41, 5.74) is 2.28. The van der Waals surface area contributed by atoms with E-state index in [9.17, 15) is 14.7 Å². The predicted molar refractivity (Wildman–Crippen MR) is 122 cm³/mol. The summed E-state index contributed by atoms with van der Waals surface area (Å²) in [5, 5.41) is 10.1. The Kier molecular flexibility index (Phi) is 6.86. The molecule has 30 heavy (non-hydrogen) atoms. The van der Waals surface area contributed by atoms with Gasteiger partial charge in [-0.1, -0.05) is 30.3 Å². The van der Waals surface area contributed by atoms with E-state index in [0.29, 0.717) is 24.7 Å². The summed E-state index contributed by atoms with van der Waals surface area (Å²) in [4.78, 5) is 36.5. The highest BCUT2D eigenvalue weighted by Gasteiger charge is 2.21. The number of hydrogen-bond acceptors (Lipinski definition) is 6. The van der Waals surface area contributed by atoms with Crippen molar-refractivity contribution in [3.8, 4) is 0 Å². The van der Waals surface area contributed by atoms with Crippen LogP contribution in [0.5, 0.6) is 0 Å². The van der Waals surface area contributed by atoms with Crippen molar-refractivity contribution in [1.29, 1.82) is 0 Å². The van der Waals surface area contributed by atoms with Gasteiger partial charge >= 0.3 is 0 Å². The van der Waals surface area contributed by atoms with E-state index in [2.05, 4.69) is 9.97 Å². The molecule has 6 nitrogen and oxygen atoms in total. The SMILES string of the molecule is O=C(CSCc1nc2sc3c(c2c(=O)[nH]1)CCC3)N(CCO)CCc1ccccc1. The minimum absolute atomic E-state index is 0.0106. The number of carbonyl (C=O) groups excluding carboxylic acids is 1. The van der Waals surface area contributed by atoms with Crippen LogP contribution in [-0.2, 0) is 29.8 Å². The first kappa shape index (κ1) is 21.1. The average Bonchev–Trinajstić information content (AvgIpc) is 3.32. The summed E-state index contributed by atoms with van der Waals surface area (Å²) >= 11 is 3.06. The van der Waals surface area contributed by atoms with Crippen LogP contribution in [0.1, 0.15) is 28.2 Å². The van der Waals surface area contributed by atoms with Crippen LogP contribution in [0.25, 0.3) is 10.2 Å². The lowest BCUT2D eigenvalue weighted by molar-refractivity contribution is -0.128. The van der Waals surface area contributed by atoms with Gasteiger partial charge < -0.3 is 15.0 Å². The lowest BCUT2D eigenvalue weighted by Gasteiger charge is -2.21. The van der Waals surface area contributed by atoms with Crippen LogP contribution in [-0.4, -0.2) is 51.3 Å². The number of amides is 1. The average molecular weight is 444 g/mol. The lowest BCUT2D eigenvalue weighted by Crippen LogP contribution is -2.36. The van der Waals surface area contributed by atoms with Crippen molar-refractivity contribution >= 4 is 39.2 Å². The molecule has 8 heteroatoms. The number of nitrogens with zero attached hydrogens (tertiary/aromatic N) is 2. The summed E-state index contributed by atoms with van der Waals surface area (Å²) in [6.45, 7) is 0.847. The predicted octanol–water partition coefficient (Wildman–Crippen LogP) is 2.77. The number of thioether (sulfide) groups is 1. The fraction of sp³-hybridized carbons (Fsp3) is 0.409. The highest BCUT2D eigenvalue weighted by Crippen LogP contribution is 2.34. The Labute approximate surface area is 183 Å². The molecule has 0 bridgehead atoms. The molecule has 1 aromatic carbocycles. The molecule has 2 heterocycles. The highest BCUT2D eigenvalue weighted by atomic mass is 32.2. The fourth-order valence-corrected chi connectivity index (χ4v) is 5.90. The van der Waals surface area contributed by atoms with Gasteiger partial charge in [-0.15, -0.1) is 23.1 Å². The molecule has 0 saturated carbocycles. The molecule has 0 spiro atoms. The monoisotopic (exact) mass is 443 g/mol. The quantitative estimate of drug-likeness (QED) is 0.531. The molecule has 0 fully saturated rings. The number of thiophene rings is 1. The standard InChI is InChI=1S/C22H25N3O3S2/c26-12-11-25(10-9-15-5-2-1-3-6-15)19(27)14-29-13-18-23-21(28)20-16-7-4-8-17(16)30-22(20)24-18/h1-3,5-6,26H,4,7-14H2,(H,23,24,28). The summed E-state index contributed by atoms with van der Waals surface area (Å²) < 4.78 is 0. The second kappa shape index (κ2) is 9.76. The van der Waals surface area contributed by atoms with E-state index in [1.54, 1.807) is 16.2 Å². The Morgan fingerprint density at radius 2 is 2.07 bits per heavy atom. The number of aryl methyl sites for hydroxylation is 2. The second-order valence-electron chi connectivity index (χ2n) is 7.38. The van der Waals surface area contributed by atoms with Crippen LogP contribution in [0.2, 0.25) is 0 Å². The molecule has 2 N–H and O–H groups in total. The topological polar surface area (TPSA) is 86.3 Å². The minimum Gasteiger partial charge on any atom is -0.395 e. The van der Waals surface area contributed by atoms with Crippen molar-refractivity contribution in [3.05, 3.63) is 62.5 Å². The van der Waals surface area contributed by atoms with Gasteiger partial charge in [-0.3, -0.25) is 9.59 Å². The molecular weight excluding hydrogens is 418 g/mol. The third-order valence-corrected chi connectivity index (χ3v) is 7.44. The zero-order valence-electron chi connectivity index (χ0n) is 16.7. The van der Waals surface area contributed by atoms with Crippen LogP contribution in [0.3, 0.4) is 0 Å². The van der Waals surface area contributed by atoms with Crippen molar-refractivity contribution < 1.29 is 9.90 Å². The molecule has 1 aliphatic carbocycles. The highest BCUT2D eigenvalue weighted by molar-refractivity contribution is 7.99. The number of H-pyrrole nitrogens is 1. The Morgan fingerprint density at radius 1 is 1.23 bits per heavy atom. The third-order valence-electron chi connectivity index (χ3n) is 5.32. The Hall–Kier alpha value is -2.16. The molecule has 0 unspecified atom stereocenters. The van der Waals surface area contributed by atoms with Crippen LogP contribution >= 0.6 is 23.1 Å². The fourth-order valence-electron chi connectivity index (χ4n) is 3.83. The van der Waals surface area contributed by atoms with Gasteiger partial charge in [-0.2, -0.15) is 0 Å². The molecule has 2 aromatic heterocycles. The number of aliphatic hydroxyl groups excluding tert-OH is 1. The summed E-state index contributed by atoms with van der Waals surface area (Å²) in [7, 11) is 0. The van der Waals surface area contributed by atoms with E-state index < -0.39 is 0 Å². The third kappa shape index (κ3) is 4.77. The number of carbonyl (C=O) groups is 1. The van der Waals surface area contributed by atoms with Gasteiger partial charge in [0, 0.05) is 18.0 Å². The molecular formula is C22H25N3O3S2. The van der Waals surface area contributed by atoms with Gasteiger partial charge in [0.2, 0.25) is 5.91 Å². The zero-order valence-corrected chi connectivity index (χ0v) is 18.4. The van der Waals surface area contributed by atoms with E-state index in [-0.39, 0.29) is 23.8 Å². The first-order chi connectivity index (χ1) is 14.7. The molecule has 0 radical (unpaired) electrons. The number of aliphatic hydroxyl groups is 1. The Morgan fingerprint density at radius 3 is 2.87 bits per heavy atom. The molecule has 158 valence electrons. The first-order valence-corrected chi connectivity index (χ1v) is 12.2. The maximum atomic E-state index is 12.6. The van der Waals surface area contributed by atoms with Gasteiger partial charge in [0.1, 0.15) is 10.7 Å². The molecule has 3 aromatic rings. The van der Waals surface area contributed by atoms with Gasteiger partial charge in [-0.05, 0) is 36.8 Å². The van der Waals surface area contributed by atoms with E-state index in [4.69, 9.17) is 0 Å². The van der Waals surface area contributed by atoms with Crippen LogP contribution < -0.4 is 5.56 Å². The van der Waals surface area contributed by atoms with Crippen LogP contribution in [0.15, 0.2) is 35.1 Å². The van der Waals surface area contributed by atoms with Gasteiger partial charge in [0.25, 0.3) is 5.56 Å². The number of aromatic nitrogens is 2. The normalized spacial score (nSPS) is 13.0. The van der Waals surface area contributed by atoms with E-state index in [0.717, 1.165) is 35.9 Å². The molecule has 1 aliphatic rings. The number of benzene rings is 1. The van der Waals surface area contributed by atoms with Crippen molar-refractivity contribution in [3.63, 3.8) is 0 Å². The number of aromatic amines is 1. The smallest absolute Gasteiger partial charge is 0.259 e. The molecule has 0 saturated heterocycles. The number of nitrogens with one attached hydrogen (secondary N) is 1. The summed E-state index contributed by atoms with van der Waals surface area (Å²) in [6.07, 6.45) is 3.88. The van der Waals surface area contributed by atoms with Crippen molar-refractivity contribution in [1.82, 2.24) is 14.9 Å². The maximum Gasteiger partial charge on any atom is 0.259 e. The van der Waals surface area contributed by atoms with E-state index >= 15 is 0 Å². The van der Waals surface area contributed by atoms with E-state index in [1.165, 1.54) is 27.8 Å². The lowest BCUT2D eigenvalue weighted by atomic mass is 10.1. The Bertz CT molecular complexity index is 1080. The van der Waals surface area contributed by atoms with Crippen molar-refractivity contribution in [2.45, 2.75) is 31.4 Å². The molecule has 0 atom stereocenters.